The molecule has 1 aliphatic rings. The predicted octanol–water partition coefficient (Wildman–Crippen LogP) is 3.89. The molecule has 0 radical (unpaired) electrons. The first-order valence-electron chi connectivity index (χ1n) is 8.99. The van der Waals surface area contributed by atoms with E-state index in [0.717, 1.165) is 30.3 Å². The minimum absolute atomic E-state index is 0.469. The van der Waals surface area contributed by atoms with Gasteiger partial charge >= 0.3 is 6.01 Å². The van der Waals surface area contributed by atoms with E-state index in [1.165, 1.54) is 18.4 Å². The van der Waals surface area contributed by atoms with Crippen LogP contribution in [0.25, 0.3) is 10.6 Å². The van der Waals surface area contributed by atoms with E-state index in [0.29, 0.717) is 18.5 Å². The van der Waals surface area contributed by atoms with Crippen LogP contribution in [0.5, 0.6) is 6.01 Å². The van der Waals surface area contributed by atoms with Crippen LogP contribution in [0.3, 0.4) is 0 Å². The Morgan fingerprint density at radius 3 is 2.81 bits per heavy atom. The average molecular weight is 366 g/mol. The van der Waals surface area contributed by atoms with E-state index in [1.54, 1.807) is 29.8 Å². The second-order valence-electron chi connectivity index (χ2n) is 6.60. The Morgan fingerprint density at radius 2 is 1.96 bits per heavy atom. The molecule has 1 aromatic carbocycles. The number of likely N-dealkylation sites (tertiary alicyclic amines) is 1. The zero-order chi connectivity index (χ0) is 17.6. The number of thiazole rings is 1. The quantitative estimate of drug-likeness (QED) is 0.662. The highest BCUT2D eigenvalue weighted by molar-refractivity contribution is 7.13. The summed E-state index contributed by atoms with van der Waals surface area (Å²) < 4.78 is 5.74. The standard InChI is InChI=1S/C20H22N4OS/c1-2-7-17(8-3-1)19-23-18(15-26-19)13-24-11-4-6-16(12-24)14-25-20-21-9-5-10-22-20/h1-3,5,7-10,15-16H,4,6,11-14H2. The molecule has 4 rings (SSSR count). The molecule has 134 valence electrons. The number of piperidine rings is 1. The highest BCUT2D eigenvalue weighted by Crippen LogP contribution is 2.25. The van der Waals surface area contributed by atoms with Gasteiger partial charge in [-0.05, 0) is 25.5 Å². The van der Waals surface area contributed by atoms with E-state index in [1.807, 2.05) is 6.07 Å². The molecule has 1 fully saturated rings. The van der Waals surface area contributed by atoms with Crippen molar-refractivity contribution in [3.8, 4) is 16.6 Å². The number of hydrogen-bond donors (Lipinski definition) is 0. The third kappa shape index (κ3) is 4.45. The van der Waals surface area contributed by atoms with Gasteiger partial charge in [0.2, 0.25) is 0 Å². The van der Waals surface area contributed by atoms with Gasteiger partial charge in [0.1, 0.15) is 5.01 Å². The molecule has 0 saturated carbocycles. The van der Waals surface area contributed by atoms with Crippen molar-refractivity contribution in [3.05, 3.63) is 59.9 Å². The minimum Gasteiger partial charge on any atom is -0.463 e. The highest BCUT2D eigenvalue weighted by atomic mass is 32.1. The molecule has 6 heteroatoms. The molecule has 3 heterocycles. The molecular formula is C20H22N4OS. The van der Waals surface area contributed by atoms with Crippen molar-refractivity contribution in [2.24, 2.45) is 5.92 Å². The summed E-state index contributed by atoms with van der Waals surface area (Å²) in [6, 6.07) is 12.6. The molecule has 0 bridgehead atoms. The Balaban J connectivity index is 1.32. The number of hydrogen-bond acceptors (Lipinski definition) is 6. The molecule has 1 saturated heterocycles. The van der Waals surface area contributed by atoms with Gasteiger partial charge in [0.25, 0.3) is 0 Å². The van der Waals surface area contributed by atoms with Gasteiger partial charge in [-0.25, -0.2) is 15.0 Å². The first kappa shape index (κ1) is 17.1. The van der Waals surface area contributed by atoms with Gasteiger partial charge in [-0.1, -0.05) is 30.3 Å². The molecule has 1 atom stereocenters. The van der Waals surface area contributed by atoms with Gasteiger partial charge < -0.3 is 4.74 Å². The number of aromatic nitrogens is 3. The van der Waals surface area contributed by atoms with Crippen molar-refractivity contribution in [2.45, 2.75) is 19.4 Å². The van der Waals surface area contributed by atoms with Gasteiger partial charge in [-0.15, -0.1) is 11.3 Å². The molecule has 1 aliphatic heterocycles. The summed E-state index contributed by atoms with van der Waals surface area (Å²) in [4.78, 5) is 15.5. The van der Waals surface area contributed by atoms with Crippen molar-refractivity contribution in [2.75, 3.05) is 19.7 Å². The molecule has 2 aromatic heterocycles. The van der Waals surface area contributed by atoms with Crippen LogP contribution in [-0.2, 0) is 6.54 Å². The fourth-order valence-electron chi connectivity index (χ4n) is 3.31. The van der Waals surface area contributed by atoms with Crippen LogP contribution in [0.4, 0.5) is 0 Å². The highest BCUT2D eigenvalue weighted by Gasteiger charge is 2.21. The van der Waals surface area contributed by atoms with Crippen LogP contribution in [0, 0.1) is 5.92 Å². The van der Waals surface area contributed by atoms with E-state index in [-0.39, 0.29) is 0 Å². The second kappa shape index (κ2) is 8.38. The molecule has 1 unspecified atom stereocenters. The zero-order valence-electron chi connectivity index (χ0n) is 14.6. The lowest BCUT2D eigenvalue weighted by Crippen LogP contribution is -2.37. The lowest BCUT2D eigenvalue weighted by atomic mass is 9.99. The summed E-state index contributed by atoms with van der Waals surface area (Å²) in [5.41, 5.74) is 2.35. The molecule has 0 N–H and O–H groups in total. The van der Waals surface area contributed by atoms with Crippen LogP contribution >= 0.6 is 11.3 Å². The van der Waals surface area contributed by atoms with Crippen molar-refractivity contribution >= 4 is 11.3 Å². The fraction of sp³-hybridized carbons (Fsp3) is 0.350. The van der Waals surface area contributed by atoms with Crippen molar-refractivity contribution in [3.63, 3.8) is 0 Å². The summed E-state index contributed by atoms with van der Waals surface area (Å²) in [6.07, 6.45) is 5.80. The molecule has 5 nitrogen and oxygen atoms in total. The van der Waals surface area contributed by atoms with E-state index < -0.39 is 0 Å². The van der Waals surface area contributed by atoms with Crippen LogP contribution in [0.2, 0.25) is 0 Å². The first-order valence-corrected chi connectivity index (χ1v) is 9.87. The van der Waals surface area contributed by atoms with Gasteiger partial charge in [0, 0.05) is 42.3 Å². The first-order chi connectivity index (χ1) is 12.9. The van der Waals surface area contributed by atoms with Crippen LogP contribution < -0.4 is 4.74 Å². The van der Waals surface area contributed by atoms with Gasteiger partial charge in [0.15, 0.2) is 0 Å². The lowest BCUT2D eigenvalue weighted by Gasteiger charge is -2.31. The van der Waals surface area contributed by atoms with Gasteiger partial charge in [-0.2, -0.15) is 0 Å². The summed E-state index contributed by atoms with van der Waals surface area (Å²) in [6.45, 7) is 3.73. The molecule has 26 heavy (non-hydrogen) atoms. The largest absolute Gasteiger partial charge is 0.463 e. The maximum Gasteiger partial charge on any atom is 0.316 e. The normalized spacial score (nSPS) is 17.9. The van der Waals surface area contributed by atoms with Crippen LogP contribution in [-0.4, -0.2) is 39.5 Å². The fourth-order valence-corrected chi connectivity index (χ4v) is 4.12. The average Bonchev–Trinajstić information content (AvgIpc) is 3.17. The van der Waals surface area contributed by atoms with Crippen LogP contribution in [0.15, 0.2) is 54.2 Å². The summed E-state index contributed by atoms with van der Waals surface area (Å²) in [7, 11) is 0. The Bertz CT molecular complexity index is 809. The van der Waals surface area contributed by atoms with Crippen molar-refractivity contribution in [1.29, 1.82) is 0 Å². The maximum absolute atomic E-state index is 5.74. The smallest absolute Gasteiger partial charge is 0.316 e. The van der Waals surface area contributed by atoms with Crippen molar-refractivity contribution < 1.29 is 4.74 Å². The number of ether oxygens (including phenoxy) is 1. The Hall–Kier alpha value is -2.31. The minimum atomic E-state index is 0.469. The number of rotatable bonds is 6. The Labute approximate surface area is 157 Å². The van der Waals surface area contributed by atoms with Crippen molar-refractivity contribution in [1.82, 2.24) is 19.9 Å². The molecule has 3 aromatic rings. The molecular weight excluding hydrogens is 344 g/mol. The summed E-state index contributed by atoms with van der Waals surface area (Å²) in [5, 5.41) is 3.28. The lowest BCUT2D eigenvalue weighted by molar-refractivity contribution is 0.120. The van der Waals surface area contributed by atoms with Gasteiger partial charge in [-0.3, -0.25) is 4.90 Å². The third-order valence-corrected chi connectivity index (χ3v) is 5.49. The predicted molar refractivity (Wildman–Crippen MR) is 103 cm³/mol. The van der Waals surface area contributed by atoms with E-state index >= 15 is 0 Å². The second-order valence-corrected chi connectivity index (χ2v) is 7.45. The molecule has 0 amide bonds. The summed E-state index contributed by atoms with van der Waals surface area (Å²) >= 11 is 1.72. The third-order valence-electron chi connectivity index (χ3n) is 4.55. The maximum atomic E-state index is 5.74. The number of nitrogens with zero attached hydrogens (tertiary/aromatic N) is 4. The Kier molecular flexibility index (Phi) is 5.52. The zero-order valence-corrected chi connectivity index (χ0v) is 15.4. The van der Waals surface area contributed by atoms with Gasteiger partial charge in [0.05, 0.1) is 12.3 Å². The van der Waals surface area contributed by atoms with Crippen LogP contribution in [0.1, 0.15) is 18.5 Å². The monoisotopic (exact) mass is 366 g/mol. The molecule has 0 aliphatic carbocycles. The number of benzene rings is 1. The van der Waals surface area contributed by atoms with E-state index in [9.17, 15) is 0 Å². The Morgan fingerprint density at radius 1 is 1.12 bits per heavy atom. The van der Waals surface area contributed by atoms with E-state index in [2.05, 4.69) is 44.5 Å². The summed E-state index contributed by atoms with van der Waals surface area (Å²) in [5.74, 6) is 0.514. The molecule has 0 spiro atoms. The van der Waals surface area contributed by atoms with E-state index in [4.69, 9.17) is 9.72 Å². The topological polar surface area (TPSA) is 51.1 Å². The SMILES string of the molecule is c1ccc(-c2nc(CN3CCCC(COc4ncccn4)C3)cs2)cc1.